The van der Waals surface area contributed by atoms with Crippen LogP contribution < -0.4 is 14.4 Å². The van der Waals surface area contributed by atoms with E-state index in [-0.39, 0.29) is 5.91 Å². The molecule has 2 aromatic rings. The number of methoxy groups -OCH3 is 1. The summed E-state index contributed by atoms with van der Waals surface area (Å²) in [5.41, 5.74) is 2.57. The number of carbonyl (C=O) groups is 1. The highest BCUT2D eigenvalue weighted by molar-refractivity contribution is 7.92. The predicted molar refractivity (Wildman–Crippen MR) is 112 cm³/mol. The van der Waals surface area contributed by atoms with Crippen molar-refractivity contribution in [2.45, 2.75) is 32.7 Å². The summed E-state index contributed by atoms with van der Waals surface area (Å²) in [5.74, 6) is 0.496. The van der Waals surface area contributed by atoms with Gasteiger partial charge in [0.25, 0.3) is 0 Å². The van der Waals surface area contributed by atoms with E-state index in [1.54, 1.807) is 26.2 Å². The first-order valence-corrected chi connectivity index (χ1v) is 11.0. The second-order valence-electron chi connectivity index (χ2n) is 6.78. The Labute approximate surface area is 167 Å². The molecule has 2 rings (SSSR count). The molecule has 0 aliphatic rings. The Morgan fingerprint density at radius 1 is 1.14 bits per heavy atom. The van der Waals surface area contributed by atoms with Crippen LogP contribution in [-0.2, 0) is 21.2 Å². The summed E-state index contributed by atoms with van der Waals surface area (Å²) in [4.78, 5) is 12.6. The lowest BCUT2D eigenvalue weighted by Gasteiger charge is -2.28. The molecule has 0 aliphatic carbocycles. The van der Waals surface area contributed by atoms with E-state index in [0.717, 1.165) is 40.3 Å². The lowest BCUT2D eigenvalue weighted by atomic mass is 10.1. The molecular formula is C21H28N2O4S. The summed E-state index contributed by atoms with van der Waals surface area (Å²) in [5, 5.41) is 2.84. The molecule has 0 saturated heterocycles. The van der Waals surface area contributed by atoms with E-state index in [1.165, 1.54) is 0 Å². The Hall–Kier alpha value is -2.54. The van der Waals surface area contributed by atoms with Crippen LogP contribution >= 0.6 is 0 Å². The van der Waals surface area contributed by atoms with Gasteiger partial charge >= 0.3 is 0 Å². The van der Waals surface area contributed by atoms with Gasteiger partial charge < -0.3 is 10.1 Å². The number of benzene rings is 2. The highest BCUT2D eigenvalue weighted by Crippen LogP contribution is 2.21. The normalized spacial score (nSPS) is 12.3. The van der Waals surface area contributed by atoms with Gasteiger partial charge in [0, 0.05) is 6.54 Å². The molecule has 28 heavy (non-hydrogen) atoms. The summed E-state index contributed by atoms with van der Waals surface area (Å²) in [6.45, 7) is 3.97. The molecule has 0 spiro atoms. The van der Waals surface area contributed by atoms with E-state index in [9.17, 15) is 13.2 Å². The van der Waals surface area contributed by atoms with Gasteiger partial charge in [-0.3, -0.25) is 9.10 Å². The van der Waals surface area contributed by atoms with Crippen molar-refractivity contribution in [3.63, 3.8) is 0 Å². The third-order valence-corrected chi connectivity index (χ3v) is 5.73. The molecule has 1 atom stereocenters. The Balaban J connectivity index is 1.98. The molecule has 1 unspecified atom stereocenters. The molecule has 0 aromatic heterocycles. The first kappa shape index (κ1) is 21.8. The Bertz CT molecular complexity index is 895. The minimum atomic E-state index is -3.60. The van der Waals surface area contributed by atoms with Gasteiger partial charge in [-0.15, -0.1) is 0 Å². The van der Waals surface area contributed by atoms with Gasteiger partial charge in [-0.1, -0.05) is 35.9 Å². The number of nitrogens with one attached hydrogen (secondary N) is 1. The molecule has 0 radical (unpaired) electrons. The van der Waals surface area contributed by atoms with Crippen LogP contribution in [0.4, 0.5) is 5.69 Å². The maximum absolute atomic E-state index is 12.6. The average molecular weight is 405 g/mol. The van der Waals surface area contributed by atoms with E-state index >= 15 is 0 Å². The molecule has 0 fully saturated rings. The molecule has 0 saturated carbocycles. The first-order chi connectivity index (χ1) is 13.2. The van der Waals surface area contributed by atoms with Crippen molar-refractivity contribution >= 4 is 21.6 Å². The van der Waals surface area contributed by atoms with Gasteiger partial charge in [-0.25, -0.2) is 8.42 Å². The van der Waals surface area contributed by atoms with Crippen molar-refractivity contribution in [2.75, 3.05) is 24.2 Å². The molecule has 1 amide bonds. The summed E-state index contributed by atoms with van der Waals surface area (Å²) < 4.78 is 31.0. The topological polar surface area (TPSA) is 75.7 Å². The van der Waals surface area contributed by atoms with E-state index in [0.29, 0.717) is 12.2 Å². The highest BCUT2D eigenvalue weighted by atomic mass is 32.2. The minimum absolute atomic E-state index is 0.328. The number of ether oxygens (including phenoxy) is 1. The average Bonchev–Trinajstić information content (AvgIpc) is 2.66. The lowest BCUT2D eigenvalue weighted by Crippen LogP contribution is -2.48. The smallest absolute Gasteiger partial charge is 0.243 e. The van der Waals surface area contributed by atoms with Gasteiger partial charge in [-0.05, 0) is 50.5 Å². The predicted octanol–water partition coefficient (Wildman–Crippen LogP) is 2.91. The number of hydrogen-bond donors (Lipinski definition) is 1. The maximum Gasteiger partial charge on any atom is 0.243 e. The summed E-state index contributed by atoms with van der Waals surface area (Å²) in [7, 11) is -1.97. The molecule has 0 bridgehead atoms. The van der Waals surface area contributed by atoms with Gasteiger partial charge in [0.05, 0.1) is 19.1 Å². The fourth-order valence-electron chi connectivity index (χ4n) is 3.05. The quantitative estimate of drug-likeness (QED) is 0.652. The van der Waals surface area contributed by atoms with Crippen LogP contribution in [0.2, 0.25) is 0 Å². The van der Waals surface area contributed by atoms with Crippen molar-refractivity contribution < 1.29 is 17.9 Å². The van der Waals surface area contributed by atoms with Crippen LogP contribution in [0.25, 0.3) is 0 Å². The van der Waals surface area contributed by atoms with E-state index in [4.69, 9.17) is 4.74 Å². The number of hydrogen-bond acceptors (Lipinski definition) is 4. The van der Waals surface area contributed by atoms with Crippen molar-refractivity contribution in [3.8, 4) is 5.75 Å². The number of anilines is 1. The largest absolute Gasteiger partial charge is 0.496 e. The monoisotopic (exact) mass is 404 g/mol. The lowest BCUT2D eigenvalue weighted by molar-refractivity contribution is -0.121. The van der Waals surface area contributed by atoms with Crippen LogP contribution in [0.1, 0.15) is 24.5 Å². The fraction of sp³-hybridized carbons (Fsp3) is 0.381. The SMILES string of the molecule is COc1ccccc1CCCNC(=O)C(C)N(c1ccc(C)cc1)S(C)(=O)=O. The van der Waals surface area contributed by atoms with E-state index in [2.05, 4.69) is 5.32 Å². The number of amides is 1. The molecule has 0 aliphatic heterocycles. The third kappa shape index (κ3) is 5.73. The molecule has 2 aromatic carbocycles. The number of para-hydroxylation sites is 1. The molecular weight excluding hydrogens is 376 g/mol. The Morgan fingerprint density at radius 2 is 1.79 bits per heavy atom. The number of rotatable bonds is 9. The van der Waals surface area contributed by atoms with Crippen LogP contribution in [-0.4, -0.2) is 40.3 Å². The van der Waals surface area contributed by atoms with Crippen molar-refractivity contribution in [2.24, 2.45) is 0 Å². The van der Waals surface area contributed by atoms with Gasteiger partial charge in [0.15, 0.2) is 0 Å². The van der Waals surface area contributed by atoms with Gasteiger partial charge in [0.2, 0.25) is 15.9 Å². The zero-order chi connectivity index (χ0) is 20.7. The van der Waals surface area contributed by atoms with E-state index in [1.807, 2.05) is 43.3 Å². The van der Waals surface area contributed by atoms with E-state index < -0.39 is 16.1 Å². The minimum Gasteiger partial charge on any atom is -0.496 e. The summed E-state index contributed by atoms with van der Waals surface area (Å²) >= 11 is 0. The van der Waals surface area contributed by atoms with Crippen LogP contribution in [0.5, 0.6) is 5.75 Å². The number of nitrogens with zero attached hydrogens (tertiary/aromatic N) is 1. The highest BCUT2D eigenvalue weighted by Gasteiger charge is 2.28. The van der Waals surface area contributed by atoms with Crippen LogP contribution in [0.3, 0.4) is 0 Å². The van der Waals surface area contributed by atoms with Crippen molar-refractivity contribution in [3.05, 3.63) is 59.7 Å². The Kier molecular flexibility index (Phi) is 7.45. The standard InChI is InChI=1S/C21H28N2O4S/c1-16-11-13-19(14-12-16)23(28(4,25)26)17(2)21(24)22-15-7-9-18-8-5-6-10-20(18)27-3/h5-6,8,10-14,17H,7,9,15H2,1-4H3,(H,22,24). The molecule has 7 heteroatoms. The van der Waals surface area contributed by atoms with Crippen molar-refractivity contribution in [1.82, 2.24) is 5.32 Å². The molecule has 152 valence electrons. The Morgan fingerprint density at radius 3 is 2.39 bits per heavy atom. The summed E-state index contributed by atoms with van der Waals surface area (Å²) in [6.07, 6.45) is 2.59. The molecule has 1 N–H and O–H groups in total. The van der Waals surface area contributed by atoms with Gasteiger partial charge in [0.1, 0.15) is 11.8 Å². The van der Waals surface area contributed by atoms with Crippen LogP contribution in [0, 0.1) is 6.92 Å². The second kappa shape index (κ2) is 9.59. The van der Waals surface area contributed by atoms with Crippen molar-refractivity contribution in [1.29, 1.82) is 0 Å². The fourth-order valence-corrected chi connectivity index (χ4v) is 4.22. The number of carbonyl (C=O) groups excluding carboxylic acids is 1. The maximum atomic E-state index is 12.6. The molecule has 0 heterocycles. The third-order valence-electron chi connectivity index (χ3n) is 4.49. The first-order valence-electron chi connectivity index (χ1n) is 9.19. The van der Waals surface area contributed by atoms with Crippen LogP contribution in [0.15, 0.2) is 48.5 Å². The number of aryl methyl sites for hydroxylation is 2. The molecule has 6 nitrogen and oxygen atoms in total. The van der Waals surface area contributed by atoms with Gasteiger partial charge in [-0.2, -0.15) is 0 Å². The second-order valence-corrected chi connectivity index (χ2v) is 8.64. The number of sulfonamides is 1. The zero-order valence-electron chi connectivity index (χ0n) is 16.8. The summed E-state index contributed by atoms with van der Waals surface area (Å²) in [6, 6.07) is 14.0. The zero-order valence-corrected chi connectivity index (χ0v) is 17.6.